The highest BCUT2D eigenvalue weighted by molar-refractivity contribution is 5.75. The zero-order chi connectivity index (χ0) is 14.9. The average Bonchev–Trinajstić information content (AvgIpc) is 3.01. The number of aromatic nitrogens is 5. The van der Waals surface area contributed by atoms with Crippen LogP contribution in [-0.4, -0.2) is 24.6 Å². The van der Waals surface area contributed by atoms with Crippen LogP contribution in [0.1, 0.15) is 43.7 Å². The third-order valence-electron chi connectivity index (χ3n) is 4.38. The predicted molar refractivity (Wildman–Crippen MR) is 84.3 cm³/mol. The fourth-order valence-electron chi connectivity index (χ4n) is 3.23. The van der Waals surface area contributed by atoms with Crippen LogP contribution in [0, 0.1) is 0 Å². The highest BCUT2D eigenvalue weighted by Crippen LogP contribution is 2.33. The van der Waals surface area contributed by atoms with E-state index in [2.05, 4.69) is 15.1 Å². The van der Waals surface area contributed by atoms with E-state index >= 15 is 0 Å². The number of anilines is 1. The van der Waals surface area contributed by atoms with E-state index in [0.717, 1.165) is 22.6 Å². The summed E-state index contributed by atoms with van der Waals surface area (Å²) >= 11 is 0. The van der Waals surface area contributed by atoms with Crippen molar-refractivity contribution in [1.29, 1.82) is 0 Å². The topological polar surface area (TPSA) is 82.0 Å². The largest absolute Gasteiger partial charge is 0.384 e. The first-order chi connectivity index (χ1) is 10.8. The Bertz CT molecular complexity index is 789. The van der Waals surface area contributed by atoms with Gasteiger partial charge in [0.05, 0.1) is 23.7 Å². The highest BCUT2D eigenvalue weighted by Gasteiger charge is 2.20. The third-order valence-corrected chi connectivity index (χ3v) is 4.38. The first-order valence-electron chi connectivity index (χ1n) is 7.73. The standard InChI is InChI=1S/C16H18N6/c17-15-8-13(11-4-2-1-3-5-11)21-16-12(9-20-22(15)16)14-10-18-6-7-19-14/h6-11H,1-5,17H2. The zero-order valence-electron chi connectivity index (χ0n) is 12.3. The van der Waals surface area contributed by atoms with Gasteiger partial charge in [-0.15, -0.1) is 0 Å². The molecular formula is C16H18N6. The van der Waals surface area contributed by atoms with E-state index in [1.807, 2.05) is 6.07 Å². The molecule has 0 bridgehead atoms. The second-order valence-electron chi connectivity index (χ2n) is 5.83. The maximum Gasteiger partial charge on any atom is 0.167 e. The summed E-state index contributed by atoms with van der Waals surface area (Å²) in [6, 6.07) is 1.97. The van der Waals surface area contributed by atoms with Crippen molar-refractivity contribution in [3.63, 3.8) is 0 Å². The molecule has 0 radical (unpaired) electrons. The fraction of sp³-hybridized carbons (Fsp3) is 0.375. The summed E-state index contributed by atoms with van der Waals surface area (Å²) in [5.74, 6) is 1.13. The number of hydrogen-bond donors (Lipinski definition) is 1. The van der Waals surface area contributed by atoms with Crippen LogP contribution in [0.15, 0.2) is 30.9 Å². The van der Waals surface area contributed by atoms with Crippen molar-refractivity contribution in [3.8, 4) is 11.3 Å². The maximum absolute atomic E-state index is 6.18. The van der Waals surface area contributed by atoms with E-state index < -0.39 is 0 Å². The van der Waals surface area contributed by atoms with Gasteiger partial charge in [0.15, 0.2) is 5.65 Å². The molecule has 3 heterocycles. The molecule has 0 atom stereocenters. The van der Waals surface area contributed by atoms with E-state index in [9.17, 15) is 0 Å². The molecular weight excluding hydrogens is 276 g/mol. The van der Waals surface area contributed by atoms with Gasteiger partial charge in [-0.2, -0.15) is 9.61 Å². The van der Waals surface area contributed by atoms with Gasteiger partial charge >= 0.3 is 0 Å². The molecule has 0 amide bonds. The fourth-order valence-corrected chi connectivity index (χ4v) is 3.23. The van der Waals surface area contributed by atoms with Gasteiger partial charge in [0.1, 0.15) is 5.82 Å². The normalized spacial score (nSPS) is 16.2. The zero-order valence-corrected chi connectivity index (χ0v) is 12.3. The van der Waals surface area contributed by atoms with Crippen LogP contribution in [0.3, 0.4) is 0 Å². The Morgan fingerprint density at radius 2 is 1.95 bits per heavy atom. The summed E-state index contributed by atoms with van der Waals surface area (Å²) in [4.78, 5) is 13.3. The number of nitrogen functional groups attached to an aromatic ring is 1. The summed E-state index contributed by atoms with van der Waals surface area (Å²) in [6.45, 7) is 0. The van der Waals surface area contributed by atoms with Crippen molar-refractivity contribution in [2.24, 2.45) is 0 Å². The first-order valence-corrected chi connectivity index (χ1v) is 7.73. The van der Waals surface area contributed by atoms with Crippen molar-refractivity contribution < 1.29 is 0 Å². The summed E-state index contributed by atoms with van der Waals surface area (Å²) in [5.41, 5.74) is 9.66. The lowest BCUT2D eigenvalue weighted by molar-refractivity contribution is 0.437. The van der Waals surface area contributed by atoms with Crippen molar-refractivity contribution in [3.05, 3.63) is 36.5 Å². The third kappa shape index (κ3) is 2.20. The highest BCUT2D eigenvalue weighted by atomic mass is 15.3. The number of rotatable bonds is 2. The van der Waals surface area contributed by atoms with Crippen LogP contribution in [-0.2, 0) is 0 Å². The van der Waals surface area contributed by atoms with Crippen LogP contribution in [0.2, 0.25) is 0 Å². The SMILES string of the molecule is Nc1cc(C2CCCCC2)nc2c(-c3cnccn3)cnn12. The molecule has 22 heavy (non-hydrogen) atoms. The second-order valence-corrected chi connectivity index (χ2v) is 5.83. The summed E-state index contributed by atoms with van der Waals surface area (Å²) < 4.78 is 1.68. The lowest BCUT2D eigenvalue weighted by Crippen LogP contribution is -2.10. The van der Waals surface area contributed by atoms with Crippen molar-refractivity contribution in [1.82, 2.24) is 24.6 Å². The van der Waals surface area contributed by atoms with Crippen molar-refractivity contribution in [2.45, 2.75) is 38.0 Å². The minimum Gasteiger partial charge on any atom is -0.384 e. The van der Waals surface area contributed by atoms with Gasteiger partial charge < -0.3 is 5.73 Å². The van der Waals surface area contributed by atoms with E-state index in [0.29, 0.717) is 11.7 Å². The Morgan fingerprint density at radius 1 is 1.09 bits per heavy atom. The molecule has 6 nitrogen and oxygen atoms in total. The maximum atomic E-state index is 6.18. The van der Waals surface area contributed by atoms with Gasteiger partial charge in [-0.05, 0) is 12.8 Å². The molecule has 3 aromatic rings. The average molecular weight is 294 g/mol. The van der Waals surface area contributed by atoms with Crippen LogP contribution in [0.25, 0.3) is 16.9 Å². The first kappa shape index (κ1) is 13.2. The van der Waals surface area contributed by atoms with E-state index in [-0.39, 0.29) is 0 Å². The molecule has 1 aliphatic carbocycles. The monoisotopic (exact) mass is 294 g/mol. The Morgan fingerprint density at radius 3 is 2.73 bits per heavy atom. The number of fused-ring (bicyclic) bond motifs is 1. The molecule has 1 saturated carbocycles. The molecule has 0 spiro atoms. The molecule has 0 aromatic carbocycles. The second kappa shape index (κ2) is 5.36. The van der Waals surface area contributed by atoms with Crippen LogP contribution < -0.4 is 5.73 Å². The predicted octanol–water partition coefficient (Wildman–Crippen LogP) is 2.82. The minimum absolute atomic E-state index is 0.505. The Kier molecular flexibility index (Phi) is 3.21. The molecule has 1 aliphatic rings. The molecule has 4 rings (SSSR count). The molecule has 0 aliphatic heterocycles. The minimum atomic E-state index is 0.505. The molecule has 0 saturated heterocycles. The van der Waals surface area contributed by atoms with Crippen LogP contribution >= 0.6 is 0 Å². The lowest BCUT2D eigenvalue weighted by Gasteiger charge is -2.21. The van der Waals surface area contributed by atoms with Gasteiger partial charge in [-0.25, -0.2) is 4.98 Å². The molecule has 112 valence electrons. The van der Waals surface area contributed by atoms with Gasteiger partial charge in [0.25, 0.3) is 0 Å². The lowest BCUT2D eigenvalue weighted by atomic mass is 9.87. The summed E-state index contributed by atoms with van der Waals surface area (Å²) in [6.07, 6.45) is 13.1. The van der Waals surface area contributed by atoms with E-state index in [1.165, 1.54) is 32.1 Å². The number of nitrogens with two attached hydrogens (primary N) is 1. The smallest absolute Gasteiger partial charge is 0.167 e. The Labute approximate surface area is 128 Å². The van der Waals surface area contributed by atoms with Gasteiger partial charge in [-0.1, -0.05) is 19.3 Å². The van der Waals surface area contributed by atoms with Crippen molar-refractivity contribution in [2.75, 3.05) is 5.73 Å². The Hall–Kier alpha value is -2.50. The number of hydrogen-bond acceptors (Lipinski definition) is 5. The van der Waals surface area contributed by atoms with E-state index in [1.54, 1.807) is 29.3 Å². The summed E-state index contributed by atoms with van der Waals surface area (Å²) in [7, 11) is 0. The molecule has 0 unspecified atom stereocenters. The molecule has 3 aromatic heterocycles. The van der Waals surface area contributed by atoms with Gasteiger partial charge in [0, 0.05) is 30.1 Å². The van der Waals surface area contributed by atoms with Crippen LogP contribution in [0.4, 0.5) is 5.82 Å². The molecule has 6 heteroatoms. The van der Waals surface area contributed by atoms with Gasteiger partial charge in [-0.3, -0.25) is 9.97 Å². The summed E-state index contributed by atoms with van der Waals surface area (Å²) in [5, 5.41) is 4.34. The van der Waals surface area contributed by atoms with Crippen LogP contribution in [0.5, 0.6) is 0 Å². The number of nitrogens with zero attached hydrogens (tertiary/aromatic N) is 5. The molecule has 2 N–H and O–H groups in total. The van der Waals surface area contributed by atoms with E-state index in [4.69, 9.17) is 10.7 Å². The van der Waals surface area contributed by atoms with Crippen molar-refractivity contribution >= 4 is 11.5 Å². The molecule has 1 fully saturated rings. The van der Waals surface area contributed by atoms with Gasteiger partial charge in [0.2, 0.25) is 0 Å². The Balaban J connectivity index is 1.84. The quantitative estimate of drug-likeness (QED) is 0.786.